The molecule has 0 spiro atoms. The van der Waals surface area contributed by atoms with Gasteiger partial charge >= 0.3 is 0 Å². The number of ether oxygens (including phenoxy) is 2. The van der Waals surface area contributed by atoms with Gasteiger partial charge in [0, 0.05) is 5.92 Å². The highest BCUT2D eigenvalue weighted by Crippen LogP contribution is 2.25. The number of carbonyl (C=O) groups excluding carboxylic acids is 2. The maximum atomic E-state index is 13.2. The van der Waals surface area contributed by atoms with Crippen LogP contribution >= 0.6 is 0 Å². The van der Waals surface area contributed by atoms with Gasteiger partial charge in [-0.3, -0.25) is 9.59 Å². The predicted molar refractivity (Wildman–Crippen MR) is 113 cm³/mol. The summed E-state index contributed by atoms with van der Waals surface area (Å²) in [6.07, 6.45) is 7.14. The molecule has 1 saturated heterocycles. The topological polar surface area (TPSA) is 67.9 Å². The first-order valence-corrected chi connectivity index (χ1v) is 10.7. The van der Waals surface area contributed by atoms with Crippen molar-refractivity contribution in [2.24, 2.45) is 11.8 Å². The van der Waals surface area contributed by atoms with Gasteiger partial charge in [-0.25, -0.2) is 0 Å². The molecular weight excluding hydrogens is 366 g/mol. The van der Waals surface area contributed by atoms with Crippen LogP contribution in [0.4, 0.5) is 0 Å². The fourth-order valence-electron chi connectivity index (χ4n) is 4.03. The summed E-state index contributed by atoms with van der Waals surface area (Å²) in [6, 6.07) is 7.36. The Balaban J connectivity index is 1.68. The summed E-state index contributed by atoms with van der Waals surface area (Å²) in [5.74, 6) is 1.00. The molecule has 5 heteroatoms. The van der Waals surface area contributed by atoms with E-state index >= 15 is 0 Å². The van der Waals surface area contributed by atoms with E-state index in [4.69, 9.17) is 9.47 Å². The summed E-state index contributed by atoms with van der Waals surface area (Å²) in [4.78, 5) is 25.9. The summed E-state index contributed by atoms with van der Waals surface area (Å²) in [6.45, 7) is 4.72. The number of Topliss-reactive ketones (excluding diaryl/α,β-unsaturated/α-hetero) is 1. The maximum absolute atomic E-state index is 13.2. The van der Waals surface area contributed by atoms with E-state index < -0.39 is 6.04 Å². The maximum Gasteiger partial charge on any atom is 0.224 e. The standard InChI is InChI=1S/C24H33NO4/c1-16(2)12-19(13-18-8-10-20(28-3)11-9-18)24(27)25-21(23(26)22-15-29-22)14-17-6-4-5-7-17/h6,8-11,16,19,21-22H,4-5,7,12-15H2,1-3H3,(H,25,27). The molecule has 3 atom stereocenters. The molecule has 3 rings (SSSR count). The summed E-state index contributed by atoms with van der Waals surface area (Å²) < 4.78 is 10.4. The van der Waals surface area contributed by atoms with Crippen LogP contribution in [0.1, 0.15) is 51.5 Å². The summed E-state index contributed by atoms with van der Waals surface area (Å²) in [5.41, 5.74) is 2.37. The van der Waals surface area contributed by atoms with Gasteiger partial charge in [0.25, 0.3) is 0 Å². The Labute approximate surface area is 173 Å². The molecule has 1 aliphatic heterocycles. The number of hydrogen-bond donors (Lipinski definition) is 1. The highest BCUT2D eigenvalue weighted by atomic mass is 16.6. The van der Waals surface area contributed by atoms with Crippen LogP contribution in [0.5, 0.6) is 5.75 Å². The van der Waals surface area contributed by atoms with Crippen molar-refractivity contribution in [2.75, 3.05) is 13.7 Å². The lowest BCUT2D eigenvalue weighted by Gasteiger charge is -2.23. The molecule has 0 radical (unpaired) electrons. The number of benzene rings is 1. The number of ketones is 1. The molecule has 1 amide bonds. The van der Waals surface area contributed by atoms with Gasteiger partial charge < -0.3 is 14.8 Å². The second kappa shape index (κ2) is 10.1. The second-order valence-corrected chi connectivity index (χ2v) is 8.62. The third kappa shape index (κ3) is 6.43. The first-order valence-electron chi connectivity index (χ1n) is 10.7. The van der Waals surface area contributed by atoms with E-state index in [-0.39, 0.29) is 23.7 Å². The van der Waals surface area contributed by atoms with Crippen LogP contribution in [-0.2, 0) is 20.7 Å². The molecule has 3 unspecified atom stereocenters. The zero-order valence-corrected chi connectivity index (χ0v) is 17.8. The minimum Gasteiger partial charge on any atom is -0.497 e. The van der Waals surface area contributed by atoms with E-state index in [1.807, 2.05) is 24.3 Å². The van der Waals surface area contributed by atoms with Crippen molar-refractivity contribution >= 4 is 11.7 Å². The number of allylic oxidation sites excluding steroid dienone is 1. The fraction of sp³-hybridized carbons (Fsp3) is 0.583. The molecule has 1 fully saturated rings. The SMILES string of the molecule is COc1ccc(CC(CC(C)C)C(=O)NC(CC2=CCCC2)C(=O)C2CO2)cc1. The van der Waals surface area contributed by atoms with E-state index in [0.717, 1.165) is 37.0 Å². The molecule has 2 aliphatic rings. The largest absolute Gasteiger partial charge is 0.497 e. The Bertz CT molecular complexity index is 734. The molecule has 1 heterocycles. The van der Waals surface area contributed by atoms with Gasteiger partial charge in [-0.1, -0.05) is 37.6 Å². The monoisotopic (exact) mass is 399 g/mol. The molecule has 158 valence electrons. The smallest absolute Gasteiger partial charge is 0.224 e. The van der Waals surface area contributed by atoms with E-state index in [1.54, 1.807) is 7.11 Å². The minimum absolute atomic E-state index is 0.0129. The van der Waals surface area contributed by atoms with E-state index in [1.165, 1.54) is 5.57 Å². The van der Waals surface area contributed by atoms with Gasteiger partial charge in [0.1, 0.15) is 11.9 Å². The Kier molecular flexibility index (Phi) is 7.48. The molecule has 1 aromatic rings. The van der Waals surface area contributed by atoms with Gasteiger partial charge in [0.05, 0.1) is 19.8 Å². The molecule has 5 nitrogen and oxygen atoms in total. The summed E-state index contributed by atoms with van der Waals surface area (Å²) >= 11 is 0. The third-order valence-corrected chi connectivity index (χ3v) is 5.68. The van der Waals surface area contributed by atoms with Crippen molar-refractivity contribution in [1.29, 1.82) is 0 Å². The van der Waals surface area contributed by atoms with Gasteiger partial charge in [-0.2, -0.15) is 0 Å². The number of methoxy groups -OCH3 is 1. The van der Waals surface area contributed by atoms with Crippen LogP contribution in [0.3, 0.4) is 0 Å². The normalized spacial score (nSPS) is 20.1. The van der Waals surface area contributed by atoms with Crippen LogP contribution < -0.4 is 10.1 Å². The van der Waals surface area contributed by atoms with E-state index in [9.17, 15) is 9.59 Å². The summed E-state index contributed by atoms with van der Waals surface area (Å²) in [7, 11) is 1.64. The van der Waals surface area contributed by atoms with Crippen molar-refractivity contribution in [3.8, 4) is 5.75 Å². The molecule has 1 aliphatic carbocycles. The van der Waals surface area contributed by atoms with Gasteiger partial charge in [0.2, 0.25) is 5.91 Å². The van der Waals surface area contributed by atoms with Crippen molar-refractivity contribution in [3.05, 3.63) is 41.5 Å². The van der Waals surface area contributed by atoms with Crippen molar-refractivity contribution in [3.63, 3.8) is 0 Å². The molecule has 1 aromatic carbocycles. The third-order valence-electron chi connectivity index (χ3n) is 5.68. The van der Waals surface area contributed by atoms with Gasteiger partial charge in [0.15, 0.2) is 5.78 Å². The number of amides is 1. The molecule has 0 saturated carbocycles. The van der Waals surface area contributed by atoms with E-state index in [0.29, 0.717) is 25.4 Å². The number of carbonyl (C=O) groups is 2. The van der Waals surface area contributed by atoms with Crippen LogP contribution in [0.15, 0.2) is 35.9 Å². The predicted octanol–water partition coefficient (Wildman–Crippen LogP) is 3.85. The lowest BCUT2D eigenvalue weighted by molar-refractivity contribution is -0.131. The van der Waals surface area contributed by atoms with Crippen LogP contribution in [0, 0.1) is 11.8 Å². The number of hydrogen-bond acceptors (Lipinski definition) is 4. The van der Waals surface area contributed by atoms with Gasteiger partial charge in [-0.15, -0.1) is 0 Å². The molecule has 0 aromatic heterocycles. The van der Waals surface area contributed by atoms with Crippen molar-refractivity contribution < 1.29 is 19.1 Å². The quantitative estimate of drug-likeness (QED) is 0.453. The minimum atomic E-state index is -0.482. The Morgan fingerprint density at radius 3 is 2.48 bits per heavy atom. The van der Waals surface area contributed by atoms with Crippen LogP contribution in [-0.4, -0.2) is 37.6 Å². The lowest BCUT2D eigenvalue weighted by Crippen LogP contribution is -2.46. The van der Waals surface area contributed by atoms with E-state index in [2.05, 4.69) is 25.2 Å². The molecule has 29 heavy (non-hydrogen) atoms. The average Bonchev–Trinajstić information content (AvgIpc) is 3.43. The van der Waals surface area contributed by atoms with Gasteiger partial charge in [-0.05, 0) is 62.1 Å². The Morgan fingerprint density at radius 1 is 1.21 bits per heavy atom. The van der Waals surface area contributed by atoms with Crippen molar-refractivity contribution in [2.45, 2.75) is 64.5 Å². The lowest BCUT2D eigenvalue weighted by atomic mass is 9.89. The number of rotatable bonds is 11. The zero-order chi connectivity index (χ0) is 20.8. The number of epoxide rings is 1. The van der Waals surface area contributed by atoms with Crippen molar-refractivity contribution in [1.82, 2.24) is 5.32 Å². The molecule has 1 N–H and O–H groups in total. The second-order valence-electron chi connectivity index (χ2n) is 8.62. The number of nitrogens with one attached hydrogen (secondary N) is 1. The molecular formula is C24H33NO4. The Morgan fingerprint density at radius 2 is 1.93 bits per heavy atom. The average molecular weight is 400 g/mol. The van der Waals surface area contributed by atoms with Crippen LogP contribution in [0.25, 0.3) is 0 Å². The van der Waals surface area contributed by atoms with Crippen LogP contribution in [0.2, 0.25) is 0 Å². The molecule has 0 bridgehead atoms. The zero-order valence-electron chi connectivity index (χ0n) is 17.8. The summed E-state index contributed by atoms with van der Waals surface area (Å²) in [5, 5.41) is 3.08. The highest BCUT2D eigenvalue weighted by molar-refractivity contribution is 5.94. The first kappa shape index (κ1) is 21.6. The first-order chi connectivity index (χ1) is 14.0. The Hall–Kier alpha value is -2.14. The highest BCUT2D eigenvalue weighted by Gasteiger charge is 2.38. The fourth-order valence-corrected chi connectivity index (χ4v) is 4.03.